The summed E-state index contributed by atoms with van der Waals surface area (Å²) in [7, 11) is 0. The second-order valence-corrected chi connectivity index (χ2v) is 5.13. The van der Waals surface area contributed by atoms with Crippen LogP contribution in [0.1, 0.15) is 73.6 Å². The molecule has 1 saturated heterocycles. The van der Waals surface area contributed by atoms with Gasteiger partial charge >= 0.3 is 0 Å². The highest BCUT2D eigenvalue weighted by Gasteiger charge is 2.19. The van der Waals surface area contributed by atoms with E-state index in [-0.39, 0.29) is 5.78 Å². The van der Waals surface area contributed by atoms with Crippen molar-refractivity contribution in [1.29, 1.82) is 0 Å². The summed E-state index contributed by atoms with van der Waals surface area (Å²) in [5, 5.41) is 3.49. The van der Waals surface area contributed by atoms with Crippen LogP contribution in [-0.2, 0) is 4.79 Å². The topological polar surface area (TPSA) is 29.1 Å². The molecule has 2 atom stereocenters. The lowest BCUT2D eigenvalue weighted by Gasteiger charge is -2.29. The van der Waals surface area contributed by atoms with Gasteiger partial charge in [-0.25, -0.2) is 0 Å². The SMILES string of the molecule is CC.CC(C)=O.CCCCCC1CNCCC1C. The van der Waals surface area contributed by atoms with Crippen molar-refractivity contribution in [2.24, 2.45) is 11.8 Å². The van der Waals surface area contributed by atoms with Crippen LogP contribution in [-0.4, -0.2) is 18.9 Å². The number of carbonyl (C=O) groups excluding carboxylic acids is 1. The van der Waals surface area contributed by atoms with E-state index in [1.54, 1.807) is 0 Å². The fourth-order valence-electron chi connectivity index (χ4n) is 2.10. The molecule has 0 aromatic heterocycles. The van der Waals surface area contributed by atoms with Gasteiger partial charge in [-0.1, -0.05) is 47.0 Å². The largest absolute Gasteiger partial charge is 0.316 e. The molecule has 2 unspecified atom stereocenters. The van der Waals surface area contributed by atoms with E-state index in [1.807, 2.05) is 13.8 Å². The Balaban J connectivity index is 0. The average Bonchev–Trinajstić information content (AvgIpc) is 2.34. The Bertz CT molecular complexity index is 176. The second kappa shape index (κ2) is 14.7. The molecule has 1 N–H and O–H groups in total. The van der Waals surface area contributed by atoms with Crippen molar-refractivity contribution in [3.8, 4) is 0 Å². The molecule has 0 saturated carbocycles. The average molecular weight is 257 g/mol. The minimum absolute atomic E-state index is 0.167. The molecular weight excluding hydrogens is 222 g/mol. The van der Waals surface area contributed by atoms with Gasteiger partial charge in [-0.05, 0) is 51.6 Å². The first-order chi connectivity index (χ1) is 8.57. The maximum atomic E-state index is 9.44. The number of piperidine rings is 1. The van der Waals surface area contributed by atoms with Gasteiger partial charge in [-0.15, -0.1) is 0 Å². The maximum Gasteiger partial charge on any atom is 0.126 e. The van der Waals surface area contributed by atoms with Gasteiger partial charge < -0.3 is 10.1 Å². The smallest absolute Gasteiger partial charge is 0.126 e. The molecular formula is C16H35NO. The molecule has 1 heterocycles. The lowest BCUT2D eigenvalue weighted by molar-refractivity contribution is -0.114. The fourth-order valence-corrected chi connectivity index (χ4v) is 2.10. The van der Waals surface area contributed by atoms with Crippen LogP contribution in [0.2, 0.25) is 0 Å². The standard InChI is InChI=1S/C11H23N.C3H6O.C2H6/c1-3-4-5-6-11-9-12-8-7-10(11)2;1-3(2)4;1-2/h10-12H,3-9H2,1-2H3;1-2H3;1-2H3. The molecule has 0 radical (unpaired) electrons. The first-order valence-electron chi connectivity index (χ1n) is 7.75. The van der Waals surface area contributed by atoms with Gasteiger partial charge in [-0.3, -0.25) is 0 Å². The zero-order chi connectivity index (χ0) is 14.4. The van der Waals surface area contributed by atoms with Crippen molar-refractivity contribution < 1.29 is 4.79 Å². The van der Waals surface area contributed by atoms with Gasteiger partial charge in [-0.2, -0.15) is 0 Å². The van der Waals surface area contributed by atoms with E-state index in [2.05, 4.69) is 19.2 Å². The number of ketones is 1. The minimum Gasteiger partial charge on any atom is -0.316 e. The molecule has 0 aliphatic carbocycles. The molecule has 2 nitrogen and oxygen atoms in total. The van der Waals surface area contributed by atoms with Crippen molar-refractivity contribution in [2.45, 2.75) is 73.6 Å². The zero-order valence-corrected chi connectivity index (χ0v) is 13.5. The number of carbonyl (C=O) groups is 1. The Morgan fingerprint density at radius 3 is 2.22 bits per heavy atom. The van der Waals surface area contributed by atoms with Crippen molar-refractivity contribution in [3.05, 3.63) is 0 Å². The van der Waals surface area contributed by atoms with Gasteiger partial charge in [0.05, 0.1) is 0 Å². The van der Waals surface area contributed by atoms with Crippen molar-refractivity contribution in [3.63, 3.8) is 0 Å². The Morgan fingerprint density at radius 1 is 1.22 bits per heavy atom. The number of rotatable bonds is 4. The summed E-state index contributed by atoms with van der Waals surface area (Å²) in [6, 6.07) is 0. The van der Waals surface area contributed by atoms with E-state index in [0.717, 1.165) is 11.8 Å². The summed E-state index contributed by atoms with van der Waals surface area (Å²) in [5.41, 5.74) is 0. The summed E-state index contributed by atoms with van der Waals surface area (Å²) in [4.78, 5) is 9.44. The highest BCUT2D eigenvalue weighted by Crippen LogP contribution is 2.23. The third-order valence-electron chi connectivity index (χ3n) is 3.17. The van der Waals surface area contributed by atoms with Crippen molar-refractivity contribution >= 4 is 5.78 Å². The quantitative estimate of drug-likeness (QED) is 0.755. The number of hydrogen-bond donors (Lipinski definition) is 1. The Hall–Kier alpha value is -0.370. The first-order valence-corrected chi connectivity index (χ1v) is 7.75. The lowest BCUT2D eigenvalue weighted by Crippen LogP contribution is -2.35. The van der Waals surface area contributed by atoms with Gasteiger partial charge in [0.1, 0.15) is 5.78 Å². The Morgan fingerprint density at radius 2 is 1.78 bits per heavy atom. The van der Waals surface area contributed by atoms with Crippen LogP contribution in [0.15, 0.2) is 0 Å². The van der Waals surface area contributed by atoms with E-state index >= 15 is 0 Å². The Labute approximate surface area is 115 Å². The van der Waals surface area contributed by atoms with E-state index < -0.39 is 0 Å². The normalized spacial score (nSPS) is 22.1. The van der Waals surface area contributed by atoms with Crippen molar-refractivity contribution in [2.75, 3.05) is 13.1 Å². The van der Waals surface area contributed by atoms with Crippen molar-refractivity contribution in [1.82, 2.24) is 5.32 Å². The summed E-state index contributed by atoms with van der Waals surface area (Å²) in [5.74, 6) is 2.09. The highest BCUT2D eigenvalue weighted by molar-refractivity contribution is 5.72. The molecule has 18 heavy (non-hydrogen) atoms. The molecule has 1 aliphatic heterocycles. The Kier molecular flexibility index (Phi) is 16.3. The monoisotopic (exact) mass is 257 g/mol. The van der Waals surface area contributed by atoms with Gasteiger partial charge in [0.25, 0.3) is 0 Å². The maximum absolute atomic E-state index is 9.44. The fraction of sp³-hybridized carbons (Fsp3) is 0.938. The molecule has 1 aliphatic rings. The summed E-state index contributed by atoms with van der Waals surface area (Å²) in [6.07, 6.45) is 7.05. The third kappa shape index (κ3) is 13.7. The number of Topliss-reactive ketones (excluding diaryl/α,β-unsaturated/α-hetero) is 1. The van der Waals surface area contributed by atoms with E-state index in [1.165, 1.54) is 59.0 Å². The van der Waals surface area contributed by atoms with Crippen LogP contribution >= 0.6 is 0 Å². The number of hydrogen-bond acceptors (Lipinski definition) is 2. The highest BCUT2D eigenvalue weighted by atomic mass is 16.1. The molecule has 0 spiro atoms. The first kappa shape index (κ1) is 20.0. The predicted molar refractivity (Wildman–Crippen MR) is 82.0 cm³/mol. The van der Waals surface area contributed by atoms with Crippen LogP contribution in [0, 0.1) is 11.8 Å². The van der Waals surface area contributed by atoms with Gasteiger partial charge in [0.15, 0.2) is 0 Å². The summed E-state index contributed by atoms with van der Waals surface area (Å²) < 4.78 is 0. The van der Waals surface area contributed by atoms with Gasteiger partial charge in [0, 0.05) is 0 Å². The lowest BCUT2D eigenvalue weighted by atomic mass is 9.84. The summed E-state index contributed by atoms with van der Waals surface area (Å²) >= 11 is 0. The van der Waals surface area contributed by atoms with Crippen LogP contribution in [0.4, 0.5) is 0 Å². The minimum atomic E-state index is 0.167. The molecule has 1 rings (SSSR count). The molecule has 0 bridgehead atoms. The molecule has 0 aromatic rings. The second-order valence-electron chi connectivity index (χ2n) is 5.13. The van der Waals surface area contributed by atoms with Crippen LogP contribution < -0.4 is 5.32 Å². The van der Waals surface area contributed by atoms with Crippen LogP contribution in [0.5, 0.6) is 0 Å². The molecule has 0 amide bonds. The zero-order valence-electron chi connectivity index (χ0n) is 13.5. The predicted octanol–water partition coefficient (Wildman–Crippen LogP) is 4.43. The number of nitrogens with one attached hydrogen (secondary N) is 1. The van der Waals surface area contributed by atoms with Gasteiger partial charge in [0.2, 0.25) is 0 Å². The molecule has 1 fully saturated rings. The van der Waals surface area contributed by atoms with Crippen LogP contribution in [0.3, 0.4) is 0 Å². The van der Waals surface area contributed by atoms with E-state index in [9.17, 15) is 4.79 Å². The molecule has 2 heteroatoms. The molecule has 0 aromatic carbocycles. The van der Waals surface area contributed by atoms with Crippen LogP contribution in [0.25, 0.3) is 0 Å². The number of unbranched alkanes of at least 4 members (excludes halogenated alkanes) is 2. The summed E-state index contributed by atoms with van der Waals surface area (Å²) in [6.45, 7) is 14.3. The third-order valence-corrected chi connectivity index (χ3v) is 3.17. The van der Waals surface area contributed by atoms with E-state index in [4.69, 9.17) is 0 Å². The molecule has 110 valence electrons. The van der Waals surface area contributed by atoms with E-state index in [0.29, 0.717) is 0 Å².